The second-order valence-electron chi connectivity index (χ2n) is 6.30. The Bertz CT molecular complexity index is 600. The van der Waals surface area contributed by atoms with Crippen LogP contribution in [0.4, 0.5) is 0 Å². The molecule has 3 rings (SSSR count). The molecule has 1 aromatic carbocycles. The van der Waals surface area contributed by atoms with Gasteiger partial charge in [0.2, 0.25) is 0 Å². The van der Waals surface area contributed by atoms with Crippen LogP contribution in [0, 0.1) is 11.3 Å². The van der Waals surface area contributed by atoms with Gasteiger partial charge in [-0.1, -0.05) is 12.1 Å². The van der Waals surface area contributed by atoms with Crippen LogP contribution in [-0.2, 0) is 20.9 Å². The molecule has 0 bridgehead atoms. The third kappa shape index (κ3) is 2.84. The lowest BCUT2D eigenvalue weighted by Crippen LogP contribution is -2.45. The second-order valence-corrected chi connectivity index (χ2v) is 6.30. The molecule has 23 heavy (non-hydrogen) atoms. The fourth-order valence-corrected chi connectivity index (χ4v) is 3.55. The summed E-state index contributed by atoms with van der Waals surface area (Å²) >= 11 is 0. The molecule has 2 aliphatic heterocycles. The normalized spacial score (nSPS) is 26.8. The fraction of sp³-hybridized carbons (Fsp3) is 0.529. The van der Waals surface area contributed by atoms with Crippen molar-refractivity contribution in [1.82, 2.24) is 4.90 Å². The summed E-state index contributed by atoms with van der Waals surface area (Å²) in [6.07, 6.45) is 0.462. The van der Waals surface area contributed by atoms with Crippen molar-refractivity contribution in [3.05, 3.63) is 35.4 Å². The Kier molecular flexibility index (Phi) is 4.37. The van der Waals surface area contributed by atoms with Crippen LogP contribution in [0.2, 0.25) is 0 Å². The number of ether oxygens (including phenoxy) is 2. The zero-order chi connectivity index (χ0) is 16.4. The number of nitrogens with zero attached hydrogens (tertiary/aromatic N) is 1. The topological polar surface area (TPSA) is 76.1 Å². The number of carboxylic acid groups (broad SMARTS) is 1. The lowest BCUT2D eigenvalue weighted by atomic mass is 9.74. The van der Waals surface area contributed by atoms with Crippen molar-refractivity contribution >= 4 is 11.9 Å². The third-order valence-corrected chi connectivity index (χ3v) is 4.93. The monoisotopic (exact) mass is 319 g/mol. The average molecular weight is 319 g/mol. The van der Waals surface area contributed by atoms with Gasteiger partial charge in [0.05, 0.1) is 18.6 Å². The van der Waals surface area contributed by atoms with E-state index in [9.17, 15) is 14.7 Å². The lowest BCUT2D eigenvalue weighted by molar-refractivity contribution is -0.157. The molecule has 1 aromatic rings. The second kappa shape index (κ2) is 6.29. The number of amides is 1. The maximum absolute atomic E-state index is 12.7. The highest BCUT2D eigenvalue weighted by Crippen LogP contribution is 2.42. The van der Waals surface area contributed by atoms with Crippen LogP contribution in [0.5, 0.6) is 0 Å². The molecule has 2 saturated heterocycles. The number of carboxylic acids is 1. The number of fused-ring (bicyclic) bond motifs is 1. The van der Waals surface area contributed by atoms with Crippen LogP contribution in [0.3, 0.4) is 0 Å². The van der Waals surface area contributed by atoms with Gasteiger partial charge in [0.15, 0.2) is 0 Å². The molecule has 2 heterocycles. The number of carbonyl (C=O) groups excluding carboxylic acids is 1. The molecule has 0 saturated carbocycles. The first-order valence-corrected chi connectivity index (χ1v) is 7.75. The smallest absolute Gasteiger partial charge is 0.311 e. The first-order chi connectivity index (χ1) is 11.1. The van der Waals surface area contributed by atoms with Crippen LogP contribution in [0.1, 0.15) is 22.3 Å². The number of methoxy groups -OCH3 is 1. The summed E-state index contributed by atoms with van der Waals surface area (Å²) < 4.78 is 10.5. The van der Waals surface area contributed by atoms with Crippen molar-refractivity contribution in [3.8, 4) is 0 Å². The summed E-state index contributed by atoms with van der Waals surface area (Å²) in [4.78, 5) is 26.1. The summed E-state index contributed by atoms with van der Waals surface area (Å²) in [6, 6.07) is 7.25. The van der Waals surface area contributed by atoms with E-state index < -0.39 is 11.4 Å². The number of likely N-dealkylation sites (tertiary alicyclic amines) is 1. The van der Waals surface area contributed by atoms with Gasteiger partial charge in [0.25, 0.3) is 5.91 Å². The maximum atomic E-state index is 12.7. The first kappa shape index (κ1) is 16.0. The van der Waals surface area contributed by atoms with Crippen LogP contribution in [0.15, 0.2) is 24.3 Å². The van der Waals surface area contributed by atoms with Gasteiger partial charge in [-0.2, -0.15) is 0 Å². The zero-order valence-electron chi connectivity index (χ0n) is 13.2. The van der Waals surface area contributed by atoms with Gasteiger partial charge in [-0.05, 0) is 24.1 Å². The fourth-order valence-electron chi connectivity index (χ4n) is 3.55. The van der Waals surface area contributed by atoms with E-state index in [2.05, 4.69) is 0 Å². The molecule has 0 spiro atoms. The van der Waals surface area contributed by atoms with Crippen LogP contribution in [-0.4, -0.2) is 55.3 Å². The molecular formula is C17H21NO5. The van der Waals surface area contributed by atoms with Crippen molar-refractivity contribution < 1.29 is 24.2 Å². The molecule has 124 valence electrons. The van der Waals surface area contributed by atoms with E-state index in [1.807, 2.05) is 12.1 Å². The van der Waals surface area contributed by atoms with Crippen LogP contribution >= 0.6 is 0 Å². The summed E-state index contributed by atoms with van der Waals surface area (Å²) in [6.45, 7) is 2.04. The minimum atomic E-state index is -0.857. The highest BCUT2D eigenvalue weighted by atomic mass is 16.5. The van der Waals surface area contributed by atoms with E-state index in [0.717, 1.165) is 5.56 Å². The SMILES string of the molecule is COCc1ccc(C(=O)N2C[C@H]3COCC[C@@]3(C(=O)O)C2)cc1. The Morgan fingerprint density at radius 2 is 2.13 bits per heavy atom. The number of aliphatic carboxylic acids is 1. The average Bonchev–Trinajstić information content (AvgIpc) is 2.96. The van der Waals surface area contributed by atoms with Gasteiger partial charge >= 0.3 is 5.97 Å². The quantitative estimate of drug-likeness (QED) is 0.908. The van der Waals surface area contributed by atoms with Gasteiger partial charge in [0.1, 0.15) is 0 Å². The molecule has 2 aliphatic rings. The van der Waals surface area contributed by atoms with Crippen molar-refractivity contribution in [1.29, 1.82) is 0 Å². The van der Waals surface area contributed by atoms with Crippen molar-refractivity contribution in [2.45, 2.75) is 13.0 Å². The van der Waals surface area contributed by atoms with E-state index in [-0.39, 0.29) is 18.4 Å². The number of hydrogen-bond donors (Lipinski definition) is 1. The Morgan fingerprint density at radius 1 is 1.39 bits per heavy atom. The van der Waals surface area contributed by atoms with Gasteiger partial charge in [0, 0.05) is 38.3 Å². The molecule has 2 fully saturated rings. The van der Waals surface area contributed by atoms with Gasteiger partial charge in [-0.25, -0.2) is 0 Å². The molecule has 0 radical (unpaired) electrons. The number of carbonyl (C=O) groups is 2. The molecule has 0 unspecified atom stereocenters. The van der Waals surface area contributed by atoms with Gasteiger partial charge in [-0.15, -0.1) is 0 Å². The van der Waals surface area contributed by atoms with E-state index in [1.165, 1.54) is 0 Å². The van der Waals surface area contributed by atoms with Crippen molar-refractivity contribution in [3.63, 3.8) is 0 Å². The summed E-state index contributed by atoms with van der Waals surface area (Å²) in [5.74, 6) is -1.08. The Morgan fingerprint density at radius 3 is 2.74 bits per heavy atom. The minimum Gasteiger partial charge on any atom is -0.481 e. The highest BCUT2D eigenvalue weighted by molar-refractivity contribution is 5.95. The predicted octanol–water partition coefficient (Wildman–Crippen LogP) is 1.40. The molecule has 1 N–H and O–H groups in total. The summed E-state index contributed by atoms with van der Waals surface area (Å²) in [7, 11) is 1.62. The van der Waals surface area contributed by atoms with E-state index in [1.54, 1.807) is 24.1 Å². The van der Waals surface area contributed by atoms with E-state index in [0.29, 0.717) is 38.3 Å². The molecule has 6 heteroatoms. The molecular weight excluding hydrogens is 298 g/mol. The number of rotatable bonds is 4. The largest absolute Gasteiger partial charge is 0.481 e. The summed E-state index contributed by atoms with van der Waals surface area (Å²) in [5.41, 5.74) is 0.712. The van der Waals surface area contributed by atoms with Gasteiger partial charge in [-0.3, -0.25) is 9.59 Å². The maximum Gasteiger partial charge on any atom is 0.311 e. The molecule has 6 nitrogen and oxygen atoms in total. The van der Waals surface area contributed by atoms with E-state index in [4.69, 9.17) is 9.47 Å². The van der Waals surface area contributed by atoms with Crippen LogP contribution < -0.4 is 0 Å². The van der Waals surface area contributed by atoms with Crippen molar-refractivity contribution in [2.75, 3.05) is 33.4 Å². The van der Waals surface area contributed by atoms with Crippen LogP contribution in [0.25, 0.3) is 0 Å². The molecule has 1 amide bonds. The molecule has 0 aliphatic carbocycles. The standard InChI is InChI=1S/C17H21NO5/c1-22-9-12-2-4-13(5-3-12)15(19)18-8-14-10-23-7-6-17(14,11-18)16(20)21/h2-5,14H,6-11H2,1H3,(H,20,21)/t14-,17+/m0/s1. The first-order valence-electron chi connectivity index (χ1n) is 7.75. The summed E-state index contributed by atoms with van der Waals surface area (Å²) in [5, 5.41) is 9.66. The molecule has 2 atom stereocenters. The Balaban J connectivity index is 1.77. The van der Waals surface area contributed by atoms with Gasteiger partial charge < -0.3 is 19.5 Å². The highest BCUT2D eigenvalue weighted by Gasteiger charge is 2.54. The number of benzene rings is 1. The third-order valence-electron chi connectivity index (χ3n) is 4.93. The predicted molar refractivity (Wildman–Crippen MR) is 82.1 cm³/mol. The molecule has 0 aromatic heterocycles. The minimum absolute atomic E-state index is 0.121. The van der Waals surface area contributed by atoms with E-state index >= 15 is 0 Å². The van der Waals surface area contributed by atoms with Crippen molar-refractivity contribution in [2.24, 2.45) is 11.3 Å². The zero-order valence-corrected chi connectivity index (χ0v) is 13.2. The Labute approximate surface area is 135 Å². The Hall–Kier alpha value is -1.92. The lowest BCUT2D eigenvalue weighted by Gasteiger charge is -2.33. The number of hydrogen-bond acceptors (Lipinski definition) is 4.